The molecule has 0 spiro atoms. The highest BCUT2D eigenvalue weighted by molar-refractivity contribution is 7.59. The third-order valence-corrected chi connectivity index (χ3v) is 10.6. The Morgan fingerprint density at radius 3 is 2.42 bits per heavy atom. The van der Waals surface area contributed by atoms with Crippen molar-refractivity contribution in [1.82, 2.24) is 14.6 Å². The fourth-order valence-corrected chi connectivity index (χ4v) is 7.46. The predicted octanol–water partition coefficient (Wildman–Crippen LogP) is 8.32. The summed E-state index contributed by atoms with van der Waals surface area (Å²) in [7, 11) is 0. The maximum atomic E-state index is 13.0. The molecule has 8 rings (SSSR count). The Labute approximate surface area is 309 Å². The number of aliphatic carboxylic acids is 1. The molecule has 1 saturated heterocycles. The maximum absolute atomic E-state index is 13.0. The van der Waals surface area contributed by atoms with E-state index in [1.807, 2.05) is 24.4 Å². The van der Waals surface area contributed by atoms with Crippen LogP contribution in [0, 0.1) is 13.8 Å². The number of carboxylic acids is 1. The topological polar surface area (TPSA) is 98.4 Å². The molecule has 6 bridgehead atoms. The Balaban J connectivity index is 0.00000243. The lowest BCUT2D eigenvalue weighted by molar-refractivity contribution is -0.174. The highest BCUT2D eigenvalue weighted by atomic mass is 32.1. The molecule has 5 heterocycles. The van der Waals surface area contributed by atoms with Gasteiger partial charge in [0, 0.05) is 42.6 Å². The average molecular weight is 721 g/mol. The summed E-state index contributed by atoms with van der Waals surface area (Å²) in [5.41, 5.74) is 6.15. The quantitative estimate of drug-likeness (QED) is 0.225. The monoisotopic (exact) mass is 720 g/mol. The van der Waals surface area contributed by atoms with Crippen LogP contribution in [-0.2, 0) is 14.3 Å². The van der Waals surface area contributed by atoms with Gasteiger partial charge in [0.1, 0.15) is 11.6 Å². The number of nitrogens with zero attached hydrogens (tertiary/aromatic N) is 4. The van der Waals surface area contributed by atoms with E-state index in [-0.39, 0.29) is 38.7 Å². The molecular formula is C39H52N4O5S2. The van der Waals surface area contributed by atoms with Crippen LogP contribution in [0.4, 0.5) is 5.82 Å². The number of carbonyl (C=O) groups is 1. The molecule has 1 saturated carbocycles. The van der Waals surface area contributed by atoms with E-state index in [1.54, 1.807) is 0 Å². The summed E-state index contributed by atoms with van der Waals surface area (Å²) in [5.74, 6) is 0.605. The minimum absolute atomic E-state index is 0. The molecule has 11 heteroatoms. The lowest BCUT2D eigenvalue weighted by Gasteiger charge is -2.43. The van der Waals surface area contributed by atoms with Gasteiger partial charge in [-0.2, -0.15) is 36.6 Å². The first-order valence-corrected chi connectivity index (χ1v) is 17.6. The summed E-state index contributed by atoms with van der Waals surface area (Å²) in [6, 6.07) is 16.7. The minimum atomic E-state index is -1.16. The molecule has 2 aromatic carbocycles. The normalized spacial score (nSPS) is 22.3. The number of ether oxygens (including phenoxy) is 3. The van der Waals surface area contributed by atoms with E-state index in [9.17, 15) is 9.90 Å². The SMILES string of the molecule is Cc1ccc2c(c1)-c1cccc(c1)-c1cc3nc(C)c([C@H](OC4(C)CCC4)C(=O)O)c(n3n1)N1CCC(C)(CC1)OCCCC[C@H](C)O2.S.S. The van der Waals surface area contributed by atoms with Gasteiger partial charge in [-0.05, 0) is 110 Å². The standard InChI is InChI=1S/C39H48N4O5.2H2S/c1-25-13-14-32-30(22-25)28-11-8-12-29(23-28)31-24-33-40-27(3)34(35(37(44)45)48-39(5)15-9-16-39)36(43(33)41-31)42-19-17-38(4,18-20-42)46-21-7-6-10-26(2)47-32;;/h8,11-14,22-24,26,35H,6-7,9-10,15-21H2,1-5H3,(H,44,45);2*1H2/t26-,35-;;/m0../s1. The zero-order valence-electron chi connectivity index (χ0n) is 29.9. The fraction of sp³-hybridized carbons (Fsp3) is 0.513. The summed E-state index contributed by atoms with van der Waals surface area (Å²) in [5, 5.41) is 15.8. The molecule has 2 aromatic heterocycles. The van der Waals surface area contributed by atoms with Gasteiger partial charge in [0.05, 0.1) is 28.6 Å². The van der Waals surface area contributed by atoms with Gasteiger partial charge < -0.3 is 24.2 Å². The van der Waals surface area contributed by atoms with E-state index >= 15 is 0 Å². The van der Waals surface area contributed by atoms with Gasteiger partial charge in [0.2, 0.25) is 0 Å². The van der Waals surface area contributed by atoms with Gasteiger partial charge in [-0.25, -0.2) is 9.78 Å². The zero-order chi connectivity index (χ0) is 33.6. The van der Waals surface area contributed by atoms with Gasteiger partial charge in [-0.1, -0.05) is 29.8 Å². The second-order valence-electron chi connectivity index (χ2n) is 14.7. The van der Waals surface area contributed by atoms with Crippen molar-refractivity contribution in [2.75, 3.05) is 24.6 Å². The number of aromatic nitrogens is 3. The van der Waals surface area contributed by atoms with Crippen LogP contribution >= 0.6 is 27.0 Å². The highest BCUT2D eigenvalue weighted by Gasteiger charge is 2.42. The summed E-state index contributed by atoms with van der Waals surface area (Å²) < 4.78 is 21.4. The summed E-state index contributed by atoms with van der Waals surface area (Å²) in [4.78, 5) is 20.2. The number of benzene rings is 2. The van der Waals surface area contributed by atoms with Crippen molar-refractivity contribution in [1.29, 1.82) is 0 Å². The molecule has 0 amide bonds. The van der Waals surface area contributed by atoms with E-state index in [2.05, 4.69) is 68.1 Å². The Kier molecular flexibility index (Phi) is 11.5. The lowest BCUT2D eigenvalue weighted by Crippen LogP contribution is -2.46. The fourth-order valence-electron chi connectivity index (χ4n) is 7.46. The number of rotatable bonds is 4. The second kappa shape index (κ2) is 15.2. The van der Waals surface area contributed by atoms with Crippen LogP contribution in [0.2, 0.25) is 0 Å². The Bertz CT molecular complexity index is 1830. The number of hydrogen-bond donors (Lipinski definition) is 1. The van der Waals surface area contributed by atoms with Gasteiger partial charge >= 0.3 is 5.97 Å². The summed E-state index contributed by atoms with van der Waals surface area (Å²) in [6.07, 6.45) is 6.21. The number of hydrogen-bond acceptors (Lipinski definition) is 7. The number of fused-ring (bicyclic) bond motifs is 8. The number of anilines is 1. The maximum Gasteiger partial charge on any atom is 0.337 e. The van der Waals surface area contributed by atoms with Crippen LogP contribution in [0.15, 0.2) is 48.5 Å². The third-order valence-electron chi connectivity index (χ3n) is 10.6. The number of piperidine rings is 1. The Morgan fingerprint density at radius 2 is 1.72 bits per heavy atom. The highest BCUT2D eigenvalue weighted by Crippen LogP contribution is 2.43. The largest absolute Gasteiger partial charge is 0.490 e. The molecule has 0 unspecified atom stereocenters. The van der Waals surface area contributed by atoms with Gasteiger partial charge in [-0.15, -0.1) is 0 Å². The van der Waals surface area contributed by atoms with E-state index in [0.29, 0.717) is 36.6 Å². The van der Waals surface area contributed by atoms with Crippen LogP contribution in [-0.4, -0.2) is 62.7 Å². The van der Waals surface area contributed by atoms with Crippen molar-refractivity contribution in [3.8, 4) is 28.1 Å². The Morgan fingerprint density at radius 1 is 0.980 bits per heavy atom. The first kappa shape index (κ1) is 38.0. The first-order chi connectivity index (χ1) is 23.0. The molecule has 2 atom stereocenters. The van der Waals surface area contributed by atoms with Gasteiger partial charge in [-0.3, -0.25) is 0 Å². The van der Waals surface area contributed by atoms with Gasteiger partial charge in [0.15, 0.2) is 11.8 Å². The molecule has 0 radical (unpaired) electrons. The van der Waals surface area contributed by atoms with Crippen molar-refractivity contribution in [2.45, 2.75) is 109 Å². The first-order valence-electron chi connectivity index (χ1n) is 17.6. The van der Waals surface area contributed by atoms with Crippen molar-refractivity contribution in [3.63, 3.8) is 0 Å². The van der Waals surface area contributed by atoms with E-state index in [1.165, 1.54) is 0 Å². The van der Waals surface area contributed by atoms with Gasteiger partial charge in [0.25, 0.3) is 0 Å². The smallest absolute Gasteiger partial charge is 0.337 e. The molecule has 1 aliphatic carbocycles. The van der Waals surface area contributed by atoms with E-state index < -0.39 is 17.7 Å². The zero-order valence-corrected chi connectivity index (χ0v) is 31.9. The van der Waals surface area contributed by atoms with E-state index in [0.717, 1.165) is 90.9 Å². The molecular weight excluding hydrogens is 669 g/mol. The summed E-state index contributed by atoms with van der Waals surface area (Å²) in [6.45, 7) is 12.5. The van der Waals surface area contributed by atoms with Crippen LogP contribution in [0.3, 0.4) is 0 Å². The molecule has 2 fully saturated rings. The van der Waals surface area contributed by atoms with Crippen LogP contribution < -0.4 is 9.64 Å². The van der Waals surface area contributed by atoms with Crippen LogP contribution in [0.25, 0.3) is 28.0 Å². The van der Waals surface area contributed by atoms with Crippen molar-refractivity contribution < 1.29 is 24.1 Å². The van der Waals surface area contributed by atoms with Crippen LogP contribution in [0.1, 0.15) is 95.1 Å². The van der Waals surface area contributed by atoms with Crippen molar-refractivity contribution in [3.05, 3.63) is 65.4 Å². The molecule has 270 valence electrons. The summed E-state index contributed by atoms with van der Waals surface area (Å²) >= 11 is 0. The lowest BCUT2D eigenvalue weighted by atomic mass is 9.81. The third kappa shape index (κ3) is 7.66. The number of aryl methyl sites for hydroxylation is 2. The second-order valence-corrected chi connectivity index (χ2v) is 14.7. The molecule has 3 aliphatic heterocycles. The Hall–Kier alpha value is -3.25. The molecule has 50 heavy (non-hydrogen) atoms. The molecule has 4 aromatic rings. The van der Waals surface area contributed by atoms with Crippen LogP contribution in [0.5, 0.6) is 5.75 Å². The minimum Gasteiger partial charge on any atom is -0.490 e. The number of carboxylic acid groups (broad SMARTS) is 1. The van der Waals surface area contributed by atoms with Crippen molar-refractivity contribution in [2.24, 2.45) is 0 Å². The predicted molar refractivity (Wildman–Crippen MR) is 208 cm³/mol. The van der Waals surface area contributed by atoms with E-state index in [4.69, 9.17) is 24.3 Å². The average Bonchev–Trinajstić information content (AvgIpc) is 3.47. The molecule has 1 N–H and O–H groups in total. The molecule has 9 nitrogen and oxygen atoms in total. The van der Waals surface area contributed by atoms with Crippen molar-refractivity contribution >= 4 is 44.4 Å². The molecule has 4 aliphatic rings.